The van der Waals surface area contributed by atoms with Crippen molar-refractivity contribution in [1.82, 2.24) is 0 Å². The summed E-state index contributed by atoms with van der Waals surface area (Å²) in [6, 6.07) is 0. The molecule has 0 spiro atoms. The lowest BCUT2D eigenvalue weighted by atomic mass is 9.83. The lowest BCUT2D eigenvalue weighted by Gasteiger charge is -2.23. The maximum atomic E-state index is 2.52. The molecular weight excluding hydrogens is 216 g/mol. The molecule has 0 bridgehead atoms. The quantitative estimate of drug-likeness (QED) is 0.406. The van der Waals surface area contributed by atoms with Gasteiger partial charge in [0.1, 0.15) is 0 Å². The first kappa shape index (κ1) is 12.8. The Labute approximate surface area is 113 Å². The van der Waals surface area contributed by atoms with Gasteiger partial charge in [-0.05, 0) is 42.9 Å². The van der Waals surface area contributed by atoms with Gasteiger partial charge in [-0.1, -0.05) is 69.9 Å². The molecule has 102 valence electrons. The third kappa shape index (κ3) is 2.68. The van der Waals surface area contributed by atoms with Crippen LogP contribution in [-0.2, 0) is 0 Å². The Hall–Kier alpha value is -0.260. The largest absolute Gasteiger partial charge is 0.0844 e. The topological polar surface area (TPSA) is 0 Å². The first-order valence-electron chi connectivity index (χ1n) is 8.48. The summed E-state index contributed by atoms with van der Waals surface area (Å²) in [6.45, 7) is 2.52. The van der Waals surface area contributed by atoms with E-state index in [1.807, 2.05) is 0 Å². The zero-order valence-electron chi connectivity index (χ0n) is 12.2. The third-order valence-corrected chi connectivity index (χ3v) is 6.09. The molecule has 0 radical (unpaired) electrons. The highest BCUT2D eigenvalue weighted by molar-refractivity contribution is 5.29. The van der Waals surface area contributed by atoms with Crippen molar-refractivity contribution in [2.75, 3.05) is 0 Å². The minimum Gasteiger partial charge on any atom is -0.0844 e. The second kappa shape index (κ2) is 5.39. The summed E-state index contributed by atoms with van der Waals surface area (Å²) >= 11 is 0. The zero-order chi connectivity index (χ0) is 12.4. The second-order valence-electron chi connectivity index (χ2n) is 7.38. The summed E-state index contributed by atoms with van der Waals surface area (Å²) in [7, 11) is 0. The number of rotatable bonds is 6. The van der Waals surface area contributed by atoms with Crippen molar-refractivity contribution in [1.29, 1.82) is 0 Å². The maximum absolute atomic E-state index is 2.52. The Morgan fingerprint density at radius 1 is 1.11 bits per heavy atom. The summed E-state index contributed by atoms with van der Waals surface area (Å²) in [5.41, 5.74) is 2.48. The van der Waals surface area contributed by atoms with Crippen molar-refractivity contribution in [2.45, 2.75) is 84.0 Å². The Kier molecular flexibility index (Phi) is 3.82. The molecule has 2 unspecified atom stereocenters. The lowest BCUT2D eigenvalue weighted by Crippen LogP contribution is -2.09. The summed E-state index contributed by atoms with van der Waals surface area (Å²) in [5.74, 6) is 2.15. The maximum Gasteiger partial charge on any atom is -0.00848 e. The van der Waals surface area contributed by atoms with Gasteiger partial charge in [-0.2, -0.15) is 0 Å². The van der Waals surface area contributed by atoms with Crippen LogP contribution in [-0.4, -0.2) is 0 Å². The van der Waals surface area contributed by atoms with Gasteiger partial charge in [0, 0.05) is 0 Å². The van der Waals surface area contributed by atoms with Gasteiger partial charge in [-0.3, -0.25) is 0 Å². The van der Waals surface area contributed by atoms with Crippen LogP contribution in [0.15, 0.2) is 11.6 Å². The van der Waals surface area contributed by atoms with Crippen molar-refractivity contribution in [3.05, 3.63) is 11.6 Å². The Morgan fingerprint density at radius 2 is 1.83 bits per heavy atom. The van der Waals surface area contributed by atoms with Crippen LogP contribution < -0.4 is 0 Å². The SMILES string of the molecule is CC1(C2=CCC2)CC1CCCCC1CCCCC1. The Balaban J connectivity index is 1.29. The Morgan fingerprint density at radius 3 is 2.50 bits per heavy atom. The van der Waals surface area contributed by atoms with Crippen LogP contribution in [0.4, 0.5) is 0 Å². The van der Waals surface area contributed by atoms with E-state index in [2.05, 4.69) is 13.0 Å². The van der Waals surface area contributed by atoms with Gasteiger partial charge in [-0.15, -0.1) is 0 Å². The van der Waals surface area contributed by atoms with E-state index in [9.17, 15) is 0 Å². The lowest BCUT2D eigenvalue weighted by molar-refractivity contribution is 0.326. The summed E-state index contributed by atoms with van der Waals surface area (Å²) in [5, 5.41) is 0. The highest BCUT2D eigenvalue weighted by atomic mass is 14.6. The van der Waals surface area contributed by atoms with E-state index in [1.165, 1.54) is 77.0 Å². The van der Waals surface area contributed by atoms with Crippen LogP contribution in [0.2, 0.25) is 0 Å². The molecule has 0 aliphatic heterocycles. The summed E-state index contributed by atoms with van der Waals surface area (Å²) < 4.78 is 0. The van der Waals surface area contributed by atoms with Crippen LogP contribution in [0.1, 0.15) is 84.0 Å². The van der Waals surface area contributed by atoms with Crippen LogP contribution in [0, 0.1) is 17.3 Å². The third-order valence-electron chi connectivity index (χ3n) is 6.09. The van der Waals surface area contributed by atoms with Gasteiger partial charge in [0.25, 0.3) is 0 Å². The molecular formula is C18H30. The Bertz CT molecular complexity index is 308. The van der Waals surface area contributed by atoms with E-state index >= 15 is 0 Å². The van der Waals surface area contributed by atoms with Gasteiger partial charge in [-0.25, -0.2) is 0 Å². The van der Waals surface area contributed by atoms with E-state index in [0.717, 1.165) is 11.8 Å². The van der Waals surface area contributed by atoms with Crippen molar-refractivity contribution >= 4 is 0 Å². The highest BCUT2D eigenvalue weighted by Crippen LogP contribution is 2.62. The predicted molar refractivity (Wildman–Crippen MR) is 78.6 cm³/mol. The molecule has 18 heavy (non-hydrogen) atoms. The van der Waals surface area contributed by atoms with Gasteiger partial charge in [0.05, 0.1) is 0 Å². The van der Waals surface area contributed by atoms with E-state index in [-0.39, 0.29) is 0 Å². The van der Waals surface area contributed by atoms with Gasteiger partial charge in [0.2, 0.25) is 0 Å². The van der Waals surface area contributed by atoms with Crippen LogP contribution in [0.3, 0.4) is 0 Å². The zero-order valence-corrected chi connectivity index (χ0v) is 12.2. The molecule has 3 aliphatic carbocycles. The fourth-order valence-corrected chi connectivity index (χ4v) is 4.37. The minimum absolute atomic E-state index is 0.670. The fourth-order valence-electron chi connectivity index (χ4n) is 4.37. The van der Waals surface area contributed by atoms with Gasteiger partial charge >= 0.3 is 0 Å². The molecule has 3 rings (SSSR count). The van der Waals surface area contributed by atoms with Crippen LogP contribution in [0.25, 0.3) is 0 Å². The number of hydrogen-bond acceptors (Lipinski definition) is 0. The average molecular weight is 246 g/mol. The molecule has 0 aromatic carbocycles. The summed E-state index contributed by atoms with van der Waals surface area (Å²) in [4.78, 5) is 0. The number of allylic oxidation sites excluding steroid dienone is 2. The van der Waals surface area contributed by atoms with E-state index in [4.69, 9.17) is 0 Å². The number of hydrogen-bond donors (Lipinski definition) is 0. The molecule has 0 heterocycles. The molecule has 3 aliphatic rings. The molecule has 2 fully saturated rings. The van der Waals surface area contributed by atoms with E-state index in [0.29, 0.717) is 5.41 Å². The highest BCUT2D eigenvalue weighted by Gasteiger charge is 2.52. The first-order chi connectivity index (χ1) is 8.79. The van der Waals surface area contributed by atoms with Crippen LogP contribution >= 0.6 is 0 Å². The van der Waals surface area contributed by atoms with E-state index < -0.39 is 0 Å². The van der Waals surface area contributed by atoms with E-state index in [1.54, 1.807) is 5.57 Å². The van der Waals surface area contributed by atoms with Crippen LogP contribution in [0.5, 0.6) is 0 Å². The molecule has 0 N–H and O–H groups in total. The molecule has 0 nitrogen and oxygen atoms in total. The smallest absolute Gasteiger partial charge is 0.00848 e. The molecule has 0 amide bonds. The molecule has 2 saturated carbocycles. The molecule has 0 heteroatoms. The summed E-state index contributed by atoms with van der Waals surface area (Å²) in [6.07, 6.45) is 20.4. The molecule has 0 aromatic rings. The monoisotopic (exact) mass is 246 g/mol. The predicted octanol–water partition coefficient (Wildman–Crippen LogP) is 5.87. The average Bonchev–Trinajstić information content (AvgIpc) is 2.95. The minimum atomic E-state index is 0.670. The molecule has 0 saturated heterocycles. The van der Waals surface area contributed by atoms with Crippen molar-refractivity contribution < 1.29 is 0 Å². The van der Waals surface area contributed by atoms with Gasteiger partial charge in [0.15, 0.2) is 0 Å². The molecule has 2 atom stereocenters. The number of unbranched alkanes of at least 4 members (excludes halogenated alkanes) is 1. The van der Waals surface area contributed by atoms with Crippen molar-refractivity contribution in [2.24, 2.45) is 17.3 Å². The fraction of sp³-hybridized carbons (Fsp3) is 0.889. The normalized spacial score (nSPS) is 36.1. The standard InChI is InChI=1S/C18H30/c1-18(16-12-7-13-16)14-17(18)11-6-5-10-15-8-3-2-4-9-15/h12,15,17H,2-11,13-14H2,1H3. The first-order valence-corrected chi connectivity index (χ1v) is 8.48. The van der Waals surface area contributed by atoms with Crippen molar-refractivity contribution in [3.8, 4) is 0 Å². The molecule has 0 aromatic heterocycles. The second-order valence-corrected chi connectivity index (χ2v) is 7.38. The van der Waals surface area contributed by atoms with Crippen molar-refractivity contribution in [3.63, 3.8) is 0 Å². The van der Waals surface area contributed by atoms with Gasteiger partial charge < -0.3 is 0 Å².